The first-order valence-corrected chi connectivity index (χ1v) is 11.2. The molecule has 0 aliphatic heterocycles. The summed E-state index contributed by atoms with van der Waals surface area (Å²) in [5.74, 6) is 0.599. The molecule has 0 aliphatic rings. The molecule has 0 bridgehead atoms. The molecular weight excluding hydrogens is 400 g/mol. The van der Waals surface area contributed by atoms with Gasteiger partial charge in [0.1, 0.15) is 0 Å². The predicted octanol–water partition coefficient (Wildman–Crippen LogP) is 4.83. The number of benzene rings is 2. The van der Waals surface area contributed by atoms with E-state index in [1.165, 1.54) is 23.2 Å². The average Bonchev–Trinajstić information content (AvgIpc) is 3.47. The van der Waals surface area contributed by atoms with Crippen LogP contribution < -0.4 is 0 Å². The molecular formula is C25H30N6O. The Morgan fingerprint density at radius 3 is 2.44 bits per heavy atom. The summed E-state index contributed by atoms with van der Waals surface area (Å²) in [7, 11) is 1.73. The molecule has 7 heteroatoms. The van der Waals surface area contributed by atoms with Crippen LogP contribution in [0.5, 0.6) is 0 Å². The van der Waals surface area contributed by atoms with Crippen LogP contribution in [0.15, 0.2) is 48.5 Å². The van der Waals surface area contributed by atoms with Gasteiger partial charge in [-0.2, -0.15) is 10.3 Å². The molecule has 7 nitrogen and oxygen atoms in total. The van der Waals surface area contributed by atoms with E-state index in [1.54, 1.807) is 7.11 Å². The molecule has 2 aromatic carbocycles. The Bertz CT molecular complexity index is 1130. The highest BCUT2D eigenvalue weighted by Gasteiger charge is 2.17. The first-order valence-electron chi connectivity index (χ1n) is 11.2. The third-order valence-corrected chi connectivity index (χ3v) is 5.76. The third-order valence-electron chi connectivity index (χ3n) is 5.76. The van der Waals surface area contributed by atoms with Gasteiger partial charge in [0, 0.05) is 36.9 Å². The van der Waals surface area contributed by atoms with Crippen LogP contribution in [0, 0.1) is 0 Å². The number of H-pyrrole nitrogens is 1. The first-order chi connectivity index (χ1) is 15.7. The molecule has 0 radical (unpaired) electrons. The number of methoxy groups -OCH3 is 1. The Labute approximate surface area is 188 Å². The van der Waals surface area contributed by atoms with Gasteiger partial charge in [-0.25, -0.2) is 0 Å². The molecule has 0 atom stereocenters. The quantitative estimate of drug-likeness (QED) is 0.390. The second kappa shape index (κ2) is 10.3. The number of tetrazole rings is 1. The van der Waals surface area contributed by atoms with E-state index in [9.17, 15) is 0 Å². The fourth-order valence-electron chi connectivity index (χ4n) is 4.14. The summed E-state index contributed by atoms with van der Waals surface area (Å²) in [6, 6.07) is 16.9. The average molecular weight is 431 g/mol. The van der Waals surface area contributed by atoms with E-state index >= 15 is 0 Å². The Kier molecular flexibility index (Phi) is 7.07. The molecule has 0 aliphatic carbocycles. The number of hydrogen-bond acceptors (Lipinski definition) is 5. The summed E-state index contributed by atoms with van der Waals surface area (Å²) >= 11 is 0. The second-order valence-electron chi connectivity index (χ2n) is 7.88. The maximum absolute atomic E-state index is 5.45. The van der Waals surface area contributed by atoms with Crippen molar-refractivity contribution in [2.75, 3.05) is 7.11 Å². The fourth-order valence-corrected chi connectivity index (χ4v) is 4.14. The van der Waals surface area contributed by atoms with Crippen molar-refractivity contribution in [2.45, 2.75) is 52.7 Å². The van der Waals surface area contributed by atoms with Gasteiger partial charge in [0.15, 0.2) is 0 Å². The number of unbranched alkanes of at least 4 members (excludes halogenated alkanes) is 1. The van der Waals surface area contributed by atoms with Crippen molar-refractivity contribution in [3.05, 3.63) is 71.0 Å². The van der Waals surface area contributed by atoms with Crippen molar-refractivity contribution in [3.8, 4) is 22.5 Å². The SMILES string of the molecule is CCCCc1c(Cc2ccc(-c3ccccc3-c3nn[nH]n3)cc2)c(COC)nn1CC. The smallest absolute Gasteiger partial charge is 0.205 e. The highest BCUT2D eigenvalue weighted by Crippen LogP contribution is 2.30. The normalized spacial score (nSPS) is 11.2. The zero-order chi connectivity index (χ0) is 22.3. The van der Waals surface area contributed by atoms with E-state index in [0.29, 0.717) is 12.4 Å². The molecule has 166 valence electrons. The number of aromatic nitrogens is 6. The van der Waals surface area contributed by atoms with Crippen molar-refractivity contribution in [3.63, 3.8) is 0 Å². The summed E-state index contributed by atoms with van der Waals surface area (Å²) in [5, 5.41) is 19.4. The number of aromatic amines is 1. The van der Waals surface area contributed by atoms with E-state index in [-0.39, 0.29) is 0 Å². The van der Waals surface area contributed by atoms with Crippen LogP contribution in [-0.4, -0.2) is 37.5 Å². The number of nitrogens with zero attached hydrogens (tertiary/aromatic N) is 5. The van der Waals surface area contributed by atoms with Gasteiger partial charge in [-0.05, 0) is 41.7 Å². The van der Waals surface area contributed by atoms with Crippen LogP contribution in [0.4, 0.5) is 0 Å². The molecule has 32 heavy (non-hydrogen) atoms. The molecule has 0 amide bonds. The van der Waals surface area contributed by atoms with Crippen LogP contribution in [-0.2, 0) is 30.7 Å². The summed E-state index contributed by atoms with van der Waals surface area (Å²) < 4.78 is 7.60. The Morgan fingerprint density at radius 2 is 1.78 bits per heavy atom. The standard InChI is InChI=1S/C25H30N6O/c1-4-6-11-24-22(23(17-32-3)28-31(24)5-2)16-18-12-14-19(15-13-18)20-9-7-8-10-21(20)25-26-29-30-27-25/h7-10,12-15H,4-6,11,16-17H2,1-3H3,(H,26,27,29,30). The maximum atomic E-state index is 5.45. The maximum Gasteiger partial charge on any atom is 0.205 e. The van der Waals surface area contributed by atoms with Crippen molar-refractivity contribution in [1.29, 1.82) is 0 Å². The van der Waals surface area contributed by atoms with Crippen LogP contribution >= 0.6 is 0 Å². The molecule has 0 saturated carbocycles. The van der Waals surface area contributed by atoms with E-state index in [0.717, 1.165) is 48.2 Å². The lowest BCUT2D eigenvalue weighted by atomic mass is 9.95. The topological polar surface area (TPSA) is 81.5 Å². The van der Waals surface area contributed by atoms with Gasteiger partial charge >= 0.3 is 0 Å². The number of aryl methyl sites for hydroxylation is 1. The monoisotopic (exact) mass is 430 g/mol. The first kappa shape index (κ1) is 21.9. The van der Waals surface area contributed by atoms with Crippen LogP contribution in [0.1, 0.15) is 49.2 Å². The van der Waals surface area contributed by atoms with Crippen molar-refractivity contribution in [1.82, 2.24) is 30.4 Å². The van der Waals surface area contributed by atoms with E-state index < -0.39 is 0 Å². The summed E-state index contributed by atoms with van der Waals surface area (Å²) in [6.07, 6.45) is 4.23. The number of rotatable bonds is 10. The summed E-state index contributed by atoms with van der Waals surface area (Å²) in [4.78, 5) is 0. The van der Waals surface area contributed by atoms with Crippen LogP contribution in [0.3, 0.4) is 0 Å². The minimum Gasteiger partial charge on any atom is -0.378 e. The largest absolute Gasteiger partial charge is 0.378 e. The minimum absolute atomic E-state index is 0.539. The van der Waals surface area contributed by atoms with Gasteiger partial charge in [0.25, 0.3) is 0 Å². The molecule has 0 saturated heterocycles. The van der Waals surface area contributed by atoms with Gasteiger partial charge in [-0.15, -0.1) is 10.2 Å². The summed E-state index contributed by atoms with van der Waals surface area (Å²) in [5.41, 5.74) is 8.13. The lowest BCUT2D eigenvalue weighted by Crippen LogP contribution is -2.04. The third kappa shape index (κ3) is 4.62. The minimum atomic E-state index is 0.539. The highest BCUT2D eigenvalue weighted by molar-refractivity contribution is 5.80. The van der Waals surface area contributed by atoms with E-state index in [4.69, 9.17) is 9.84 Å². The van der Waals surface area contributed by atoms with Crippen molar-refractivity contribution < 1.29 is 4.74 Å². The predicted molar refractivity (Wildman–Crippen MR) is 125 cm³/mol. The summed E-state index contributed by atoms with van der Waals surface area (Å²) in [6.45, 7) is 5.80. The highest BCUT2D eigenvalue weighted by atomic mass is 16.5. The molecule has 4 rings (SSSR count). The van der Waals surface area contributed by atoms with Gasteiger partial charge in [-0.1, -0.05) is 61.9 Å². The number of hydrogen-bond donors (Lipinski definition) is 1. The number of nitrogens with one attached hydrogen (secondary N) is 1. The van der Waals surface area contributed by atoms with Crippen LogP contribution in [0.2, 0.25) is 0 Å². The van der Waals surface area contributed by atoms with Gasteiger partial charge < -0.3 is 4.74 Å². The van der Waals surface area contributed by atoms with Crippen molar-refractivity contribution in [2.24, 2.45) is 0 Å². The van der Waals surface area contributed by atoms with E-state index in [1.807, 2.05) is 18.2 Å². The zero-order valence-electron chi connectivity index (χ0n) is 19.0. The van der Waals surface area contributed by atoms with Gasteiger partial charge in [0.2, 0.25) is 5.82 Å². The number of ether oxygens (including phenoxy) is 1. The van der Waals surface area contributed by atoms with Crippen LogP contribution in [0.25, 0.3) is 22.5 Å². The lowest BCUT2D eigenvalue weighted by molar-refractivity contribution is 0.180. The molecule has 0 fully saturated rings. The molecule has 0 unspecified atom stereocenters. The molecule has 0 spiro atoms. The molecule has 2 heterocycles. The zero-order valence-corrected chi connectivity index (χ0v) is 19.0. The van der Waals surface area contributed by atoms with Crippen molar-refractivity contribution >= 4 is 0 Å². The Balaban J connectivity index is 1.64. The molecule has 1 N–H and O–H groups in total. The van der Waals surface area contributed by atoms with Gasteiger partial charge in [0.05, 0.1) is 12.3 Å². The fraction of sp³-hybridized carbons (Fsp3) is 0.360. The second-order valence-corrected chi connectivity index (χ2v) is 7.88. The van der Waals surface area contributed by atoms with E-state index in [2.05, 4.69) is 69.5 Å². The molecule has 4 aromatic rings. The molecule has 2 aromatic heterocycles. The lowest BCUT2D eigenvalue weighted by Gasteiger charge is -2.10. The Hall–Kier alpha value is -3.32. The van der Waals surface area contributed by atoms with Gasteiger partial charge in [-0.3, -0.25) is 4.68 Å². The Morgan fingerprint density at radius 1 is 1.00 bits per heavy atom.